The molecule has 152 valence electrons. The molecule has 1 aliphatic rings. The predicted molar refractivity (Wildman–Crippen MR) is 109 cm³/mol. The molecule has 3 N–H and O–H groups in total. The second-order valence-electron chi connectivity index (χ2n) is 6.13. The van der Waals surface area contributed by atoms with Gasteiger partial charge in [0.2, 0.25) is 0 Å². The summed E-state index contributed by atoms with van der Waals surface area (Å²) in [5.41, 5.74) is 2.99. The van der Waals surface area contributed by atoms with Gasteiger partial charge in [-0.15, -0.1) is 24.8 Å². The molecule has 7 nitrogen and oxygen atoms in total. The van der Waals surface area contributed by atoms with E-state index in [1.54, 1.807) is 24.5 Å². The van der Waals surface area contributed by atoms with Crippen LogP contribution in [-0.4, -0.2) is 45.1 Å². The van der Waals surface area contributed by atoms with Crippen LogP contribution in [0.15, 0.2) is 42.7 Å². The molecule has 1 amide bonds. The fourth-order valence-electron chi connectivity index (χ4n) is 2.89. The minimum atomic E-state index is -0.627. The van der Waals surface area contributed by atoms with Crippen molar-refractivity contribution in [2.24, 2.45) is 0 Å². The Morgan fingerprint density at radius 1 is 1.32 bits per heavy atom. The third-order valence-corrected chi connectivity index (χ3v) is 4.11. The van der Waals surface area contributed by atoms with Gasteiger partial charge in [0.05, 0.1) is 18.1 Å². The van der Waals surface area contributed by atoms with Gasteiger partial charge in [-0.2, -0.15) is 0 Å². The maximum atomic E-state index is 13.3. The van der Waals surface area contributed by atoms with Gasteiger partial charge in [-0.3, -0.25) is 19.9 Å². The van der Waals surface area contributed by atoms with Gasteiger partial charge >= 0.3 is 0 Å². The number of rotatable bonds is 6. The van der Waals surface area contributed by atoms with Crippen LogP contribution in [0.5, 0.6) is 0 Å². The van der Waals surface area contributed by atoms with E-state index in [1.807, 2.05) is 6.07 Å². The van der Waals surface area contributed by atoms with Crippen molar-refractivity contribution in [1.82, 2.24) is 20.3 Å². The number of amides is 1. The van der Waals surface area contributed by atoms with E-state index in [-0.39, 0.29) is 36.7 Å². The van der Waals surface area contributed by atoms with Crippen LogP contribution in [-0.2, 0) is 11.3 Å². The van der Waals surface area contributed by atoms with Gasteiger partial charge in [-0.1, -0.05) is 12.1 Å². The molecule has 1 aromatic carbocycles. The van der Waals surface area contributed by atoms with Crippen molar-refractivity contribution in [3.8, 4) is 0 Å². The highest BCUT2D eigenvalue weighted by molar-refractivity contribution is 5.90. The summed E-state index contributed by atoms with van der Waals surface area (Å²) >= 11 is 0. The molecule has 1 aliphatic heterocycles. The topological polar surface area (TPSA) is 90.4 Å². The number of carbonyl (C=O) groups is 1. The zero-order chi connectivity index (χ0) is 18.4. The average molecular weight is 430 g/mol. The van der Waals surface area contributed by atoms with Crippen molar-refractivity contribution in [3.63, 3.8) is 0 Å². The van der Waals surface area contributed by atoms with E-state index in [0.717, 1.165) is 31.6 Å². The summed E-state index contributed by atoms with van der Waals surface area (Å²) < 4.78 is 13.3. The Hall–Kier alpha value is -2.26. The Morgan fingerprint density at radius 2 is 2.14 bits per heavy atom. The number of halogens is 3. The Kier molecular flexibility index (Phi) is 9.81. The number of carbonyl (C=O) groups excluding carboxylic acids is 1. The average Bonchev–Trinajstić information content (AvgIpc) is 3.07. The molecule has 1 saturated heterocycles. The van der Waals surface area contributed by atoms with E-state index >= 15 is 0 Å². The minimum Gasteiger partial charge on any atom is -0.365 e. The molecule has 28 heavy (non-hydrogen) atoms. The number of likely N-dealkylation sites (tertiary alicyclic amines) is 1. The quantitative estimate of drug-likeness (QED) is 0.371. The van der Waals surface area contributed by atoms with Crippen molar-refractivity contribution >= 4 is 42.6 Å². The van der Waals surface area contributed by atoms with E-state index in [4.69, 9.17) is 5.21 Å². The summed E-state index contributed by atoms with van der Waals surface area (Å²) in [5, 5.41) is 11.8. The van der Waals surface area contributed by atoms with Gasteiger partial charge in [0.15, 0.2) is 0 Å². The molecule has 0 aliphatic carbocycles. The van der Waals surface area contributed by atoms with Crippen LogP contribution in [0.25, 0.3) is 6.08 Å². The van der Waals surface area contributed by atoms with Gasteiger partial charge in [-0.25, -0.2) is 14.9 Å². The SMILES string of the molecule is Cl.Cl.O=C(/C=C/c1cnc(N[C@@H]2CCN(Cc3cccc(F)c3)C2)cn1)NO. The lowest BCUT2D eigenvalue weighted by Gasteiger charge is -2.17. The molecule has 2 aromatic rings. The lowest BCUT2D eigenvalue weighted by atomic mass is 10.2. The molecule has 3 rings (SSSR count). The molecule has 0 radical (unpaired) electrons. The van der Waals surface area contributed by atoms with Crippen LogP contribution < -0.4 is 10.8 Å². The molecule has 1 aromatic heterocycles. The number of hydrogen-bond acceptors (Lipinski definition) is 6. The zero-order valence-corrected chi connectivity index (χ0v) is 16.5. The normalized spacial score (nSPS) is 16.3. The second kappa shape index (κ2) is 11.6. The first kappa shape index (κ1) is 23.8. The Labute approximate surface area is 174 Å². The number of nitrogens with one attached hydrogen (secondary N) is 2. The summed E-state index contributed by atoms with van der Waals surface area (Å²) in [6, 6.07) is 6.92. The van der Waals surface area contributed by atoms with Crippen LogP contribution in [0.3, 0.4) is 0 Å². The maximum absolute atomic E-state index is 13.3. The van der Waals surface area contributed by atoms with Crippen molar-refractivity contribution in [3.05, 3.63) is 59.8 Å². The number of benzene rings is 1. The van der Waals surface area contributed by atoms with Gasteiger partial charge in [-0.05, 0) is 30.2 Å². The summed E-state index contributed by atoms with van der Waals surface area (Å²) in [7, 11) is 0. The lowest BCUT2D eigenvalue weighted by Crippen LogP contribution is -2.26. The van der Waals surface area contributed by atoms with Crippen LogP contribution in [0.1, 0.15) is 17.7 Å². The smallest absolute Gasteiger partial charge is 0.267 e. The maximum Gasteiger partial charge on any atom is 0.267 e. The van der Waals surface area contributed by atoms with Gasteiger partial charge in [0.25, 0.3) is 5.91 Å². The van der Waals surface area contributed by atoms with Crippen LogP contribution >= 0.6 is 24.8 Å². The third kappa shape index (κ3) is 7.05. The van der Waals surface area contributed by atoms with E-state index in [2.05, 4.69) is 20.2 Å². The van der Waals surface area contributed by atoms with Gasteiger partial charge in [0.1, 0.15) is 11.6 Å². The second-order valence-corrected chi connectivity index (χ2v) is 6.13. The fraction of sp³-hybridized carbons (Fsp3) is 0.278. The Morgan fingerprint density at radius 3 is 2.82 bits per heavy atom. The first-order chi connectivity index (χ1) is 12.6. The molecule has 10 heteroatoms. The Bertz CT molecular complexity index is 792. The molecule has 0 spiro atoms. The number of anilines is 1. The molecule has 0 bridgehead atoms. The minimum absolute atomic E-state index is 0. The zero-order valence-electron chi connectivity index (χ0n) is 14.9. The fourth-order valence-corrected chi connectivity index (χ4v) is 2.89. The number of nitrogens with zero attached hydrogens (tertiary/aromatic N) is 3. The molecule has 0 unspecified atom stereocenters. The summed E-state index contributed by atoms with van der Waals surface area (Å²) in [5.74, 6) is -0.179. The Balaban J connectivity index is 0.00000196. The molecule has 0 saturated carbocycles. The van der Waals surface area contributed by atoms with Gasteiger partial charge < -0.3 is 5.32 Å². The van der Waals surface area contributed by atoms with Crippen molar-refractivity contribution in [2.45, 2.75) is 19.0 Å². The molecular formula is C18H22Cl2FN5O2. The standard InChI is InChI=1S/C18H20FN5O2.2ClH/c19-14-3-1-2-13(8-14)11-24-7-6-16(12-24)22-17-10-20-15(9-21-17)4-5-18(25)23-26;;/h1-5,8-10,16,26H,6-7,11-12H2,(H,21,22)(H,23,25);2*1H/b5-4+;;/t16-;;/m1../s1. The largest absolute Gasteiger partial charge is 0.365 e. The highest BCUT2D eigenvalue weighted by atomic mass is 35.5. The summed E-state index contributed by atoms with van der Waals surface area (Å²) in [6.07, 6.45) is 6.74. The van der Waals surface area contributed by atoms with Crippen molar-refractivity contribution < 1.29 is 14.4 Å². The first-order valence-electron chi connectivity index (χ1n) is 8.30. The van der Waals surface area contributed by atoms with E-state index in [1.165, 1.54) is 23.7 Å². The summed E-state index contributed by atoms with van der Waals surface area (Å²) in [6.45, 7) is 2.49. The van der Waals surface area contributed by atoms with E-state index in [0.29, 0.717) is 11.5 Å². The number of hydroxylamine groups is 1. The van der Waals surface area contributed by atoms with Crippen molar-refractivity contribution in [2.75, 3.05) is 18.4 Å². The van der Waals surface area contributed by atoms with Crippen LogP contribution in [0, 0.1) is 5.82 Å². The first-order valence-corrected chi connectivity index (χ1v) is 8.30. The van der Waals surface area contributed by atoms with Crippen LogP contribution in [0.4, 0.5) is 10.2 Å². The number of hydrogen-bond donors (Lipinski definition) is 3. The molecule has 1 fully saturated rings. The molecular weight excluding hydrogens is 408 g/mol. The monoisotopic (exact) mass is 429 g/mol. The van der Waals surface area contributed by atoms with Gasteiger partial charge in [0, 0.05) is 31.8 Å². The molecule has 2 heterocycles. The molecule has 1 atom stereocenters. The van der Waals surface area contributed by atoms with Crippen LogP contribution in [0.2, 0.25) is 0 Å². The number of aromatic nitrogens is 2. The highest BCUT2D eigenvalue weighted by Gasteiger charge is 2.22. The predicted octanol–water partition coefficient (Wildman–Crippen LogP) is 2.66. The van der Waals surface area contributed by atoms with E-state index in [9.17, 15) is 9.18 Å². The highest BCUT2D eigenvalue weighted by Crippen LogP contribution is 2.17. The lowest BCUT2D eigenvalue weighted by molar-refractivity contribution is -0.124. The van der Waals surface area contributed by atoms with Crippen molar-refractivity contribution in [1.29, 1.82) is 0 Å². The summed E-state index contributed by atoms with van der Waals surface area (Å²) in [4.78, 5) is 21.7. The third-order valence-electron chi connectivity index (χ3n) is 4.11. The van der Waals surface area contributed by atoms with E-state index < -0.39 is 5.91 Å².